The molecule has 0 radical (unpaired) electrons. The number of Topliss-reactive ketones (excluding diaryl/α,β-unsaturated/α-hetero) is 2. The topological polar surface area (TPSA) is 75.8 Å². The van der Waals surface area contributed by atoms with Crippen molar-refractivity contribution in [2.45, 2.75) is 25.4 Å². The van der Waals surface area contributed by atoms with Crippen LogP contribution in [-0.4, -0.2) is 46.3 Å². The van der Waals surface area contributed by atoms with E-state index in [1.165, 1.54) is 29.8 Å². The number of fused-ring (bicyclic) bond motifs is 1. The van der Waals surface area contributed by atoms with Gasteiger partial charge in [0, 0.05) is 25.2 Å². The molecule has 0 N–H and O–H groups in total. The Balaban J connectivity index is 1.33. The molecule has 1 fully saturated rings. The lowest BCUT2D eigenvalue weighted by Crippen LogP contribution is -2.29. The number of ketones is 2. The minimum atomic E-state index is -0.389. The quantitative estimate of drug-likeness (QED) is 0.642. The molecule has 0 saturated carbocycles. The van der Waals surface area contributed by atoms with Crippen LogP contribution in [0.15, 0.2) is 64.0 Å². The van der Waals surface area contributed by atoms with E-state index in [4.69, 9.17) is 4.42 Å². The summed E-state index contributed by atoms with van der Waals surface area (Å²) in [5.41, 5.74) is 1.97. The Morgan fingerprint density at radius 2 is 1.87 bits per heavy atom. The molecule has 5 rings (SSSR count). The first-order valence-corrected chi connectivity index (χ1v) is 10.2. The molecular weight excluding hydrogens is 397 g/mol. The van der Waals surface area contributed by atoms with Crippen LogP contribution in [0.4, 0.5) is 4.39 Å². The Kier molecular flexibility index (Phi) is 5.03. The van der Waals surface area contributed by atoms with Gasteiger partial charge in [-0.15, -0.1) is 0 Å². The molecule has 1 aromatic heterocycles. The van der Waals surface area contributed by atoms with E-state index in [0.29, 0.717) is 5.56 Å². The van der Waals surface area contributed by atoms with Gasteiger partial charge in [-0.1, -0.05) is 30.3 Å². The highest BCUT2D eigenvalue weighted by molar-refractivity contribution is 6.52. The Labute approximate surface area is 178 Å². The number of rotatable bonds is 4. The van der Waals surface area contributed by atoms with Gasteiger partial charge in [-0.2, -0.15) is 0 Å². The summed E-state index contributed by atoms with van der Waals surface area (Å²) in [5, 5.41) is 0. The number of carbonyl (C=O) groups excluding carboxylic acids is 2. The van der Waals surface area contributed by atoms with Crippen molar-refractivity contribution < 1.29 is 18.4 Å². The van der Waals surface area contributed by atoms with Gasteiger partial charge < -0.3 is 4.42 Å². The Morgan fingerprint density at radius 1 is 1.10 bits per heavy atom. The van der Waals surface area contributed by atoms with E-state index in [2.05, 4.69) is 27.0 Å². The molecule has 31 heavy (non-hydrogen) atoms. The highest BCUT2D eigenvalue weighted by atomic mass is 19.1. The molecule has 6 nitrogen and oxygen atoms in total. The van der Waals surface area contributed by atoms with Crippen LogP contribution in [0.2, 0.25) is 0 Å². The molecule has 0 spiro atoms. The molecule has 2 heterocycles. The molecule has 1 aliphatic heterocycles. The number of aliphatic imine (C=N–C) groups is 1. The van der Waals surface area contributed by atoms with E-state index in [9.17, 15) is 14.0 Å². The van der Waals surface area contributed by atoms with Crippen LogP contribution in [-0.2, 0) is 6.54 Å². The molecule has 156 valence electrons. The molecule has 2 aromatic carbocycles. The van der Waals surface area contributed by atoms with Gasteiger partial charge in [-0.25, -0.2) is 9.37 Å². The molecule has 3 aromatic rings. The van der Waals surface area contributed by atoms with Crippen LogP contribution in [0, 0.1) is 5.82 Å². The molecule has 1 atom stereocenters. The summed E-state index contributed by atoms with van der Waals surface area (Å²) in [6.07, 6.45) is 0.753. The minimum absolute atomic E-state index is 0.00605. The fraction of sp³-hybridized carbons (Fsp3) is 0.250. The monoisotopic (exact) mass is 417 g/mol. The van der Waals surface area contributed by atoms with Gasteiger partial charge in [-0.3, -0.25) is 19.5 Å². The van der Waals surface area contributed by atoms with Crippen molar-refractivity contribution in [3.63, 3.8) is 0 Å². The minimum Gasteiger partial charge on any atom is -0.432 e. The van der Waals surface area contributed by atoms with Crippen LogP contribution in [0.5, 0.6) is 0 Å². The molecule has 1 saturated heterocycles. The van der Waals surface area contributed by atoms with Gasteiger partial charge >= 0.3 is 0 Å². The normalized spacial score (nSPS) is 20.4. The highest BCUT2D eigenvalue weighted by Gasteiger charge is 2.36. The fourth-order valence-electron chi connectivity index (χ4n) is 4.06. The summed E-state index contributed by atoms with van der Waals surface area (Å²) in [6.45, 7) is 2.47. The molecule has 0 amide bonds. The zero-order chi connectivity index (χ0) is 21.4. The molecule has 2 aliphatic rings. The lowest BCUT2D eigenvalue weighted by atomic mass is 9.97. The van der Waals surface area contributed by atoms with Crippen molar-refractivity contribution in [1.82, 2.24) is 9.88 Å². The van der Waals surface area contributed by atoms with Crippen LogP contribution >= 0.6 is 0 Å². The summed E-state index contributed by atoms with van der Waals surface area (Å²) in [5.74, 6) is -0.982. The average Bonchev–Trinajstić information content (AvgIpc) is 3.41. The van der Waals surface area contributed by atoms with E-state index in [-0.39, 0.29) is 52.9 Å². The number of hydrogen-bond donors (Lipinski definition) is 0. The predicted molar refractivity (Wildman–Crippen MR) is 113 cm³/mol. The van der Waals surface area contributed by atoms with E-state index in [0.717, 1.165) is 26.1 Å². The molecule has 1 aliphatic carbocycles. The maximum atomic E-state index is 13.2. The van der Waals surface area contributed by atoms with E-state index < -0.39 is 0 Å². The predicted octanol–water partition coefficient (Wildman–Crippen LogP) is 3.97. The largest absolute Gasteiger partial charge is 0.432 e. The molecule has 0 bridgehead atoms. The van der Waals surface area contributed by atoms with Gasteiger partial charge in [0.05, 0.1) is 18.2 Å². The standard InChI is InChI=1S/C24H20FN3O3/c25-17-8-6-16(7-9-17)24-27-21-22(30)19(12-20(29)23(21)31-24)26-18-10-11-28(14-18)13-15-4-2-1-3-5-15/h1-9,18H,10-14H2. The first-order valence-electron chi connectivity index (χ1n) is 10.2. The Morgan fingerprint density at radius 3 is 2.65 bits per heavy atom. The van der Waals surface area contributed by atoms with Gasteiger partial charge in [0.1, 0.15) is 5.82 Å². The summed E-state index contributed by atoms with van der Waals surface area (Å²) in [4.78, 5) is 36.7. The van der Waals surface area contributed by atoms with Gasteiger partial charge in [-0.05, 0) is 36.2 Å². The number of likely N-dealkylation sites (tertiary alicyclic amines) is 1. The summed E-state index contributed by atoms with van der Waals surface area (Å²) >= 11 is 0. The number of carbonyl (C=O) groups is 2. The third kappa shape index (κ3) is 3.96. The molecule has 7 heteroatoms. The zero-order valence-corrected chi connectivity index (χ0v) is 16.8. The lowest BCUT2D eigenvalue weighted by Gasteiger charge is -2.15. The molecular formula is C24H20FN3O3. The second-order valence-electron chi connectivity index (χ2n) is 7.87. The number of benzene rings is 2. The molecule has 1 unspecified atom stereocenters. The van der Waals surface area contributed by atoms with Crippen LogP contribution in [0.1, 0.15) is 39.4 Å². The third-order valence-electron chi connectivity index (χ3n) is 5.61. The summed E-state index contributed by atoms with van der Waals surface area (Å²) in [7, 11) is 0. The van der Waals surface area contributed by atoms with Crippen molar-refractivity contribution in [2.75, 3.05) is 13.1 Å². The zero-order valence-electron chi connectivity index (χ0n) is 16.8. The maximum absolute atomic E-state index is 13.2. The lowest BCUT2D eigenvalue weighted by molar-refractivity contribution is 0.0940. The second kappa shape index (κ2) is 8.00. The van der Waals surface area contributed by atoms with Crippen molar-refractivity contribution in [2.24, 2.45) is 4.99 Å². The van der Waals surface area contributed by atoms with Gasteiger partial charge in [0.25, 0.3) is 0 Å². The van der Waals surface area contributed by atoms with Crippen molar-refractivity contribution in [1.29, 1.82) is 0 Å². The number of nitrogens with zero attached hydrogens (tertiary/aromatic N) is 3. The van der Waals surface area contributed by atoms with E-state index in [1.807, 2.05) is 18.2 Å². The smallest absolute Gasteiger partial charge is 0.229 e. The fourth-order valence-corrected chi connectivity index (χ4v) is 4.06. The number of halogens is 1. The SMILES string of the molecule is O=C1C(=NC2CCN(Cc3ccccc3)C2)CC(=O)c2oc(-c3ccc(F)cc3)nc21. The first kappa shape index (κ1) is 19.5. The summed E-state index contributed by atoms with van der Waals surface area (Å²) in [6, 6.07) is 15.7. The third-order valence-corrected chi connectivity index (χ3v) is 5.61. The van der Waals surface area contributed by atoms with Crippen LogP contribution < -0.4 is 0 Å². The van der Waals surface area contributed by atoms with E-state index >= 15 is 0 Å². The number of oxazole rings is 1. The van der Waals surface area contributed by atoms with Gasteiger partial charge in [0.2, 0.25) is 23.2 Å². The van der Waals surface area contributed by atoms with E-state index in [1.54, 1.807) is 0 Å². The van der Waals surface area contributed by atoms with Crippen LogP contribution in [0.25, 0.3) is 11.5 Å². The first-order chi connectivity index (χ1) is 15.1. The highest BCUT2D eigenvalue weighted by Crippen LogP contribution is 2.28. The van der Waals surface area contributed by atoms with Crippen molar-refractivity contribution >= 4 is 17.3 Å². The summed E-state index contributed by atoms with van der Waals surface area (Å²) < 4.78 is 18.7. The maximum Gasteiger partial charge on any atom is 0.229 e. The number of hydrogen-bond acceptors (Lipinski definition) is 6. The van der Waals surface area contributed by atoms with Crippen molar-refractivity contribution in [3.05, 3.63) is 77.4 Å². The Bertz CT molecular complexity index is 1170. The van der Waals surface area contributed by atoms with Gasteiger partial charge in [0.15, 0.2) is 5.69 Å². The van der Waals surface area contributed by atoms with Crippen LogP contribution in [0.3, 0.4) is 0 Å². The number of aromatic nitrogens is 1. The average molecular weight is 417 g/mol. The Hall–Kier alpha value is -3.45. The van der Waals surface area contributed by atoms with Crippen molar-refractivity contribution in [3.8, 4) is 11.5 Å². The second-order valence-corrected chi connectivity index (χ2v) is 7.87.